The minimum atomic E-state index is -4.45. The van der Waals surface area contributed by atoms with Gasteiger partial charge in [-0.25, -0.2) is 0 Å². The first-order chi connectivity index (χ1) is 16.3. The van der Waals surface area contributed by atoms with Crippen molar-refractivity contribution in [2.24, 2.45) is 0 Å². The maximum absolute atomic E-state index is 13.2. The lowest BCUT2D eigenvalue weighted by Gasteiger charge is -2.19. The van der Waals surface area contributed by atoms with Crippen LogP contribution in [0.3, 0.4) is 0 Å². The molecular weight excluding hydrogens is 443 g/mol. The smallest absolute Gasteiger partial charge is 0.416 e. The van der Waals surface area contributed by atoms with Gasteiger partial charge in [-0.3, -0.25) is 9.89 Å². The van der Waals surface area contributed by atoms with Crippen molar-refractivity contribution in [3.8, 4) is 16.9 Å². The lowest BCUT2D eigenvalue weighted by atomic mass is 10.00. The molecule has 8 heteroatoms. The number of aromatic amines is 1. The Kier molecular flexibility index (Phi) is 6.58. The third-order valence-electron chi connectivity index (χ3n) is 5.51. The van der Waals surface area contributed by atoms with E-state index >= 15 is 0 Å². The molecule has 4 rings (SSSR count). The van der Waals surface area contributed by atoms with E-state index in [0.29, 0.717) is 42.0 Å². The molecule has 0 saturated carbocycles. The third-order valence-corrected chi connectivity index (χ3v) is 5.51. The van der Waals surface area contributed by atoms with Crippen LogP contribution >= 0.6 is 0 Å². The van der Waals surface area contributed by atoms with Crippen molar-refractivity contribution in [1.29, 1.82) is 0 Å². The van der Waals surface area contributed by atoms with Crippen molar-refractivity contribution in [2.45, 2.75) is 26.1 Å². The quantitative estimate of drug-likeness (QED) is 0.347. The first-order valence-electron chi connectivity index (χ1n) is 10.9. The van der Waals surface area contributed by atoms with Crippen LogP contribution in [0.5, 0.6) is 5.75 Å². The highest BCUT2D eigenvalue weighted by molar-refractivity contribution is 5.95. The fourth-order valence-corrected chi connectivity index (χ4v) is 3.80. The Hall–Kier alpha value is -3.81. The zero-order chi connectivity index (χ0) is 24.3. The molecule has 1 heterocycles. The van der Waals surface area contributed by atoms with Crippen LogP contribution < -0.4 is 4.74 Å². The van der Waals surface area contributed by atoms with Gasteiger partial charge in [0.1, 0.15) is 5.75 Å². The number of ether oxygens (including phenoxy) is 1. The van der Waals surface area contributed by atoms with Gasteiger partial charge in [0.2, 0.25) is 0 Å². The van der Waals surface area contributed by atoms with E-state index in [9.17, 15) is 18.0 Å². The Bertz CT molecular complexity index is 1310. The number of rotatable bonds is 7. The van der Waals surface area contributed by atoms with Gasteiger partial charge in [-0.15, -0.1) is 0 Å². The number of halogens is 3. The molecule has 34 heavy (non-hydrogen) atoms. The normalized spacial score (nSPS) is 11.6. The van der Waals surface area contributed by atoms with Crippen LogP contribution in [-0.4, -0.2) is 34.7 Å². The SMILES string of the molecule is CCCOc1cc(C(=O)N(C)Cc2cccc3cn[nH]c23)ccc1-c1cccc(C(F)(F)F)c1. The maximum atomic E-state index is 13.2. The summed E-state index contributed by atoms with van der Waals surface area (Å²) in [6.07, 6.45) is -2.00. The fourth-order valence-electron chi connectivity index (χ4n) is 3.80. The second kappa shape index (κ2) is 9.59. The van der Waals surface area contributed by atoms with E-state index in [1.54, 1.807) is 42.4 Å². The van der Waals surface area contributed by atoms with Gasteiger partial charge < -0.3 is 9.64 Å². The summed E-state index contributed by atoms with van der Waals surface area (Å²) >= 11 is 0. The number of carbonyl (C=O) groups is 1. The first-order valence-corrected chi connectivity index (χ1v) is 10.9. The average Bonchev–Trinajstić information content (AvgIpc) is 3.31. The van der Waals surface area contributed by atoms with Crippen LogP contribution in [0.25, 0.3) is 22.0 Å². The molecule has 1 aromatic heterocycles. The molecule has 0 aliphatic heterocycles. The van der Waals surface area contributed by atoms with Crippen molar-refractivity contribution in [3.05, 3.63) is 83.6 Å². The largest absolute Gasteiger partial charge is 0.493 e. The summed E-state index contributed by atoms with van der Waals surface area (Å²) in [5.74, 6) is 0.143. The van der Waals surface area contributed by atoms with Crippen molar-refractivity contribution in [2.75, 3.05) is 13.7 Å². The minimum absolute atomic E-state index is 0.228. The van der Waals surface area contributed by atoms with Gasteiger partial charge in [-0.05, 0) is 47.9 Å². The highest BCUT2D eigenvalue weighted by Gasteiger charge is 2.30. The van der Waals surface area contributed by atoms with E-state index in [1.165, 1.54) is 6.07 Å². The van der Waals surface area contributed by atoms with Crippen molar-refractivity contribution in [3.63, 3.8) is 0 Å². The Morgan fingerprint density at radius 2 is 1.88 bits per heavy atom. The molecule has 0 aliphatic rings. The van der Waals surface area contributed by atoms with Crippen LogP contribution in [-0.2, 0) is 12.7 Å². The molecule has 0 fully saturated rings. The number of para-hydroxylation sites is 1. The van der Waals surface area contributed by atoms with Gasteiger partial charge >= 0.3 is 6.18 Å². The molecule has 3 aromatic carbocycles. The predicted octanol–water partition coefficient (Wildman–Crippen LogP) is 6.31. The molecule has 0 atom stereocenters. The van der Waals surface area contributed by atoms with Crippen LogP contribution in [0.4, 0.5) is 13.2 Å². The van der Waals surface area contributed by atoms with E-state index in [2.05, 4.69) is 10.2 Å². The summed E-state index contributed by atoms with van der Waals surface area (Å²) in [5.41, 5.74) is 2.32. The van der Waals surface area contributed by atoms with Gasteiger partial charge in [0.05, 0.1) is 23.9 Å². The van der Waals surface area contributed by atoms with E-state index in [4.69, 9.17) is 4.74 Å². The first kappa shape index (κ1) is 23.4. The second-order valence-corrected chi connectivity index (χ2v) is 8.05. The van der Waals surface area contributed by atoms with Crippen LogP contribution in [0.2, 0.25) is 0 Å². The summed E-state index contributed by atoms with van der Waals surface area (Å²) < 4.78 is 45.5. The van der Waals surface area contributed by atoms with Crippen LogP contribution in [0.15, 0.2) is 66.9 Å². The number of hydrogen-bond donors (Lipinski definition) is 1. The Morgan fingerprint density at radius 1 is 1.09 bits per heavy atom. The molecular formula is C26H24F3N3O2. The Morgan fingerprint density at radius 3 is 2.65 bits per heavy atom. The summed E-state index contributed by atoms with van der Waals surface area (Å²) in [6, 6.07) is 15.7. The van der Waals surface area contributed by atoms with Gasteiger partial charge in [-0.1, -0.05) is 37.3 Å². The third kappa shape index (κ3) is 4.90. The fraction of sp³-hybridized carbons (Fsp3) is 0.231. The number of nitrogens with one attached hydrogen (secondary N) is 1. The molecule has 0 unspecified atom stereocenters. The average molecular weight is 467 g/mol. The molecule has 1 N–H and O–H groups in total. The molecule has 0 spiro atoms. The number of fused-ring (bicyclic) bond motifs is 1. The van der Waals surface area contributed by atoms with E-state index in [0.717, 1.165) is 28.6 Å². The summed E-state index contributed by atoms with van der Waals surface area (Å²) in [6.45, 7) is 2.67. The lowest BCUT2D eigenvalue weighted by Crippen LogP contribution is -2.26. The van der Waals surface area contributed by atoms with E-state index < -0.39 is 11.7 Å². The predicted molar refractivity (Wildman–Crippen MR) is 125 cm³/mol. The molecule has 0 saturated heterocycles. The molecule has 5 nitrogen and oxygen atoms in total. The molecule has 4 aromatic rings. The van der Waals surface area contributed by atoms with Crippen LogP contribution in [0, 0.1) is 0 Å². The number of hydrogen-bond acceptors (Lipinski definition) is 3. The number of benzene rings is 3. The molecule has 176 valence electrons. The van der Waals surface area contributed by atoms with Crippen molar-refractivity contribution >= 4 is 16.8 Å². The molecule has 0 aliphatic carbocycles. The monoisotopic (exact) mass is 467 g/mol. The number of nitrogens with zero attached hydrogens (tertiary/aromatic N) is 2. The van der Waals surface area contributed by atoms with Crippen molar-refractivity contribution in [1.82, 2.24) is 15.1 Å². The van der Waals surface area contributed by atoms with Gasteiger partial charge in [-0.2, -0.15) is 18.3 Å². The van der Waals surface area contributed by atoms with Gasteiger partial charge in [0.25, 0.3) is 5.91 Å². The number of carbonyl (C=O) groups excluding carboxylic acids is 1. The lowest BCUT2D eigenvalue weighted by molar-refractivity contribution is -0.137. The zero-order valence-corrected chi connectivity index (χ0v) is 18.8. The van der Waals surface area contributed by atoms with Crippen LogP contribution in [0.1, 0.15) is 34.8 Å². The minimum Gasteiger partial charge on any atom is -0.493 e. The molecule has 0 radical (unpaired) electrons. The number of H-pyrrole nitrogens is 1. The standard InChI is InChI=1S/C26H24F3N3O2/c1-3-12-34-23-14-18(10-11-22(23)17-6-5-9-21(13-17)26(27,28)29)25(33)32(2)16-20-8-4-7-19-15-30-31-24(19)20/h4-11,13-15H,3,12,16H2,1-2H3,(H,30,31). The highest BCUT2D eigenvalue weighted by Crippen LogP contribution is 2.36. The highest BCUT2D eigenvalue weighted by atomic mass is 19.4. The molecule has 0 bridgehead atoms. The number of aromatic nitrogens is 2. The zero-order valence-electron chi connectivity index (χ0n) is 18.8. The Labute approximate surface area is 195 Å². The van der Waals surface area contributed by atoms with E-state index in [1.807, 2.05) is 25.1 Å². The van der Waals surface area contributed by atoms with Crippen molar-refractivity contribution < 1.29 is 22.7 Å². The molecule has 1 amide bonds. The Balaban J connectivity index is 1.64. The summed E-state index contributed by atoms with van der Waals surface area (Å²) in [4.78, 5) is 14.8. The van der Waals surface area contributed by atoms with Gasteiger partial charge in [0.15, 0.2) is 0 Å². The number of amides is 1. The second-order valence-electron chi connectivity index (χ2n) is 8.05. The topological polar surface area (TPSA) is 58.2 Å². The van der Waals surface area contributed by atoms with E-state index in [-0.39, 0.29) is 5.91 Å². The van der Waals surface area contributed by atoms with Gasteiger partial charge in [0, 0.05) is 30.1 Å². The maximum Gasteiger partial charge on any atom is 0.416 e. The summed E-state index contributed by atoms with van der Waals surface area (Å²) in [7, 11) is 1.70. The number of alkyl halides is 3. The summed E-state index contributed by atoms with van der Waals surface area (Å²) in [5, 5.41) is 7.97.